The van der Waals surface area contributed by atoms with E-state index in [1.165, 1.54) is 16.7 Å². The van der Waals surface area contributed by atoms with Gasteiger partial charge in [0.15, 0.2) is 5.78 Å². The Labute approximate surface area is 115 Å². The smallest absolute Gasteiger partial charge is 0.167 e. The topological polar surface area (TPSA) is 17.1 Å². The monoisotopic (exact) mass is 252 g/mol. The van der Waals surface area contributed by atoms with Crippen molar-refractivity contribution >= 4 is 5.78 Å². The SMILES string of the molecule is Cc1ccc(CC(=O)c2ccc(C)cc2C)c(C)c1. The van der Waals surface area contributed by atoms with Gasteiger partial charge in [-0.15, -0.1) is 0 Å². The summed E-state index contributed by atoms with van der Waals surface area (Å²) in [5.41, 5.74) is 6.65. The Bertz CT molecular complexity index is 624. The second-order valence-corrected chi connectivity index (χ2v) is 5.35. The number of carbonyl (C=O) groups is 1. The van der Waals surface area contributed by atoms with Crippen LogP contribution < -0.4 is 0 Å². The molecule has 0 N–H and O–H groups in total. The van der Waals surface area contributed by atoms with Crippen LogP contribution >= 0.6 is 0 Å². The van der Waals surface area contributed by atoms with Gasteiger partial charge in [0.1, 0.15) is 0 Å². The van der Waals surface area contributed by atoms with Crippen molar-refractivity contribution < 1.29 is 4.79 Å². The minimum Gasteiger partial charge on any atom is -0.294 e. The van der Waals surface area contributed by atoms with E-state index in [4.69, 9.17) is 0 Å². The van der Waals surface area contributed by atoms with Crippen LogP contribution in [0.3, 0.4) is 0 Å². The fraction of sp³-hybridized carbons (Fsp3) is 0.278. The molecule has 0 bridgehead atoms. The van der Waals surface area contributed by atoms with Crippen LogP contribution in [0.5, 0.6) is 0 Å². The van der Waals surface area contributed by atoms with Crippen LogP contribution in [0.2, 0.25) is 0 Å². The highest BCUT2D eigenvalue weighted by Gasteiger charge is 2.11. The molecule has 0 spiro atoms. The van der Waals surface area contributed by atoms with E-state index in [0.29, 0.717) is 6.42 Å². The predicted molar refractivity (Wildman–Crippen MR) is 79.9 cm³/mol. The molecule has 0 fully saturated rings. The van der Waals surface area contributed by atoms with Crippen LogP contribution in [0.1, 0.15) is 38.2 Å². The van der Waals surface area contributed by atoms with Crippen LogP contribution in [0.15, 0.2) is 36.4 Å². The van der Waals surface area contributed by atoms with Gasteiger partial charge in [0.2, 0.25) is 0 Å². The molecule has 19 heavy (non-hydrogen) atoms. The highest BCUT2D eigenvalue weighted by atomic mass is 16.1. The molecule has 1 nitrogen and oxygen atoms in total. The number of hydrogen-bond acceptors (Lipinski definition) is 1. The number of aryl methyl sites for hydroxylation is 4. The largest absolute Gasteiger partial charge is 0.294 e. The van der Waals surface area contributed by atoms with E-state index in [0.717, 1.165) is 16.7 Å². The fourth-order valence-electron chi connectivity index (χ4n) is 2.44. The lowest BCUT2D eigenvalue weighted by molar-refractivity contribution is 0.0992. The maximum Gasteiger partial charge on any atom is 0.167 e. The number of rotatable bonds is 3. The maximum absolute atomic E-state index is 12.4. The zero-order valence-electron chi connectivity index (χ0n) is 12.1. The highest BCUT2D eigenvalue weighted by Crippen LogP contribution is 2.16. The van der Waals surface area contributed by atoms with Gasteiger partial charge in [0.25, 0.3) is 0 Å². The van der Waals surface area contributed by atoms with Crippen molar-refractivity contribution in [3.05, 3.63) is 69.8 Å². The number of ketones is 1. The van der Waals surface area contributed by atoms with Gasteiger partial charge in [-0.05, 0) is 44.4 Å². The molecule has 2 aromatic carbocycles. The van der Waals surface area contributed by atoms with E-state index in [-0.39, 0.29) is 5.78 Å². The average molecular weight is 252 g/mol. The first-order chi connectivity index (χ1) is 8.97. The Morgan fingerprint density at radius 1 is 0.842 bits per heavy atom. The van der Waals surface area contributed by atoms with E-state index in [9.17, 15) is 4.79 Å². The van der Waals surface area contributed by atoms with Crippen molar-refractivity contribution in [3.63, 3.8) is 0 Å². The zero-order chi connectivity index (χ0) is 14.0. The van der Waals surface area contributed by atoms with E-state index >= 15 is 0 Å². The number of hydrogen-bond donors (Lipinski definition) is 0. The normalized spacial score (nSPS) is 10.5. The van der Waals surface area contributed by atoms with Crippen molar-refractivity contribution in [3.8, 4) is 0 Å². The quantitative estimate of drug-likeness (QED) is 0.742. The summed E-state index contributed by atoms with van der Waals surface area (Å²) in [5, 5.41) is 0. The van der Waals surface area contributed by atoms with Crippen LogP contribution in [0.25, 0.3) is 0 Å². The van der Waals surface area contributed by atoms with Crippen LogP contribution in [-0.4, -0.2) is 5.78 Å². The van der Waals surface area contributed by atoms with Crippen molar-refractivity contribution in [1.82, 2.24) is 0 Å². The first-order valence-electron chi connectivity index (χ1n) is 6.64. The Balaban J connectivity index is 2.25. The summed E-state index contributed by atoms with van der Waals surface area (Å²) in [6.07, 6.45) is 0.482. The van der Waals surface area contributed by atoms with Crippen molar-refractivity contribution in [1.29, 1.82) is 0 Å². The van der Waals surface area contributed by atoms with Gasteiger partial charge in [0, 0.05) is 12.0 Å². The molecular weight excluding hydrogens is 232 g/mol. The molecule has 0 radical (unpaired) electrons. The van der Waals surface area contributed by atoms with Gasteiger partial charge in [-0.1, -0.05) is 47.5 Å². The zero-order valence-corrected chi connectivity index (χ0v) is 12.1. The molecule has 0 amide bonds. The van der Waals surface area contributed by atoms with Gasteiger partial charge in [-0.3, -0.25) is 4.79 Å². The van der Waals surface area contributed by atoms with E-state index < -0.39 is 0 Å². The fourth-order valence-corrected chi connectivity index (χ4v) is 2.44. The third kappa shape index (κ3) is 3.11. The molecule has 0 aliphatic rings. The summed E-state index contributed by atoms with van der Waals surface area (Å²) >= 11 is 0. The molecule has 1 heteroatoms. The molecule has 0 unspecified atom stereocenters. The minimum absolute atomic E-state index is 0.199. The summed E-state index contributed by atoms with van der Waals surface area (Å²) in [4.78, 5) is 12.4. The third-order valence-electron chi connectivity index (χ3n) is 3.53. The van der Waals surface area contributed by atoms with Gasteiger partial charge in [-0.2, -0.15) is 0 Å². The molecule has 0 atom stereocenters. The molecule has 0 saturated heterocycles. The van der Waals surface area contributed by atoms with Gasteiger partial charge >= 0.3 is 0 Å². The predicted octanol–water partition coefficient (Wildman–Crippen LogP) is 4.35. The van der Waals surface area contributed by atoms with Gasteiger partial charge < -0.3 is 0 Å². The van der Waals surface area contributed by atoms with Crippen LogP contribution in [0.4, 0.5) is 0 Å². The summed E-state index contributed by atoms with van der Waals surface area (Å²) in [6.45, 7) is 8.19. The Morgan fingerprint density at radius 2 is 1.42 bits per heavy atom. The first kappa shape index (κ1) is 13.5. The van der Waals surface area contributed by atoms with Gasteiger partial charge in [0.05, 0.1) is 0 Å². The molecule has 98 valence electrons. The number of benzene rings is 2. The van der Waals surface area contributed by atoms with Crippen molar-refractivity contribution in [2.75, 3.05) is 0 Å². The molecule has 0 saturated carbocycles. The number of Topliss-reactive ketones (excluding diaryl/α,β-unsaturated/α-hetero) is 1. The summed E-state index contributed by atoms with van der Waals surface area (Å²) in [5.74, 6) is 0.199. The van der Waals surface area contributed by atoms with Crippen LogP contribution in [0, 0.1) is 27.7 Å². The van der Waals surface area contributed by atoms with E-state index in [1.54, 1.807) is 0 Å². The second kappa shape index (κ2) is 5.40. The third-order valence-corrected chi connectivity index (χ3v) is 3.53. The standard InChI is InChI=1S/C18H20O/c1-12-5-7-16(14(3)9-12)11-18(19)17-8-6-13(2)10-15(17)4/h5-10H,11H2,1-4H3. The van der Waals surface area contributed by atoms with Crippen molar-refractivity contribution in [2.24, 2.45) is 0 Å². The summed E-state index contributed by atoms with van der Waals surface area (Å²) in [7, 11) is 0. The molecule has 2 rings (SSSR count). The average Bonchev–Trinajstić information content (AvgIpc) is 2.32. The highest BCUT2D eigenvalue weighted by molar-refractivity contribution is 5.99. The molecule has 0 aliphatic carbocycles. The second-order valence-electron chi connectivity index (χ2n) is 5.35. The van der Waals surface area contributed by atoms with E-state index in [1.807, 2.05) is 26.0 Å². The first-order valence-corrected chi connectivity index (χ1v) is 6.64. The molecule has 2 aromatic rings. The lowest BCUT2D eigenvalue weighted by atomic mass is 9.95. The molecule has 0 aliphatic heterocycles. The molecule has 0 aromatic heterocycles. The van der Waals surface area contributed by atoms with Crippen LogP contribution in [-0.2, 0) is 6.42 Å². The summed E-state index contributed by atoms with van der Waals surface area (Å²) in [6, 6.07) is 12.3. The minimum atomic E-state index is 0.199. The van der Waals surface area contributed by atoms with Gasteiger partial charge in [-0.25, -0.2) is 0 Å². The number of carbonyl (C=O) groups excluding carboxylic acids is 1. The van der Waals surface area contributed by atoms with Crippen molar-refractivity contribution in [2.45, 2.75) is 34.1 Å². The Morgan fingerprint density at radius 3 is 2.00 bits per heavy atom. The Hall–Kier alpha value is -1.89. The maximum atomic E-state index is 12.4. The molecular formula is C18H20O. The van der Waals surface area contributed by atoms with E-state index in [2.05, 4.69) is 38.1 Å². The Kier molecular flexibility index (Phi) is 3.84. The molecule has 0 heterocycles. The lowest BCUT2D eigenvalue weighted by Crippen LogP contribution is -2.07. The summed E-state index contributed by atoms with van der Waals surface area (Å²) < 4.78 is 0. The lowest BCUT2D eigenvalue weighted by Gasteiger charge is -2.09.